The Morgan fingerprint density at radius 2 is 2.06 bits per heavy atom. The van der Waals surface area contributed by atoms with E-state index in [1.54, 1.807) is 7.11 Å². The molecule has 0 aliphatic heterocycles. The van der Waals surface area contributed by atoms with E-state index in [2.05, 4.69) is 44.3 Å². The van der Waals surface area contributed by atoms with Crippen LogP contribution >= 0.6 is 0 Å². The average molecular weight is 235 g/mol. The number of benzene rings is 1. The van der Waals surface area contributed by atoms with Crippen molar-refractivity contribution in [3.8, 4) is 5.75 Å². The van der Waals surface area contributed by atoms with E-state index in [1.807, 2.05) is 6.07 Å². The molecule has 0 heterocycles. The second-order valence-corrected chi connectivity index (χ2v) is 4.75. The van der Waals surface area contributed by atoms with Crippen molar-refractivity contribution >= 4 is 0 Å². The van der Waals surface area contributed by atoms with E-state index in [0.29, 0.717) is 11.8 Å². The second kappa shape index (κ2) is 7.33. The lowest BCUT2D eigenvalue weighted by molar-refractivity contribution is 0.410. The van der Waals surface area contributed by atoms with Gasteiger partial charge < -0.3 is 10.1 Å². The number of rotatable bonds is 7. The Morgan fingerprint density at radius 1 is 1.29 bits per heavy atom. The Labute approximate surface area is 105 Å². The van der Waals surface area contributed by atoms with Crippen molar-refractivity contribution in [2.45, 2.75) is 33.1 Å². The van der Waals surface area contributed by atoms with Crippen molar-refractivity contribution in [3.63, 3.8) is 0 Å². The highest BCUT2D eigenvalue weighted by Gasteiger charge is 2.14. The minimum Gasteiger partial charge on any atom is -0.497 e. The zero-order chi connectivity index (χ0) is 12.7. The van der Waals surface area contributed by atoms with Gasteiger partial charge in [-0.25, -0.2) is 0 Å². The van der Waals surface area contributed by atoms with E-state index in [1.165, 1.54) is 12.0 Å². The quantitative estimate of drug-likeness (QED) is 0.731. The van der Waals surface area contributed by atoms with Gasteiger partial charge in [-0.15, -0.1) is 0 Å². The molecule has 17 heavy (non-hydrogen) atoms. The minimum atomic E-state index is 0.550. The maximum absolute atomic E-state index is 5.27. The summed E-state index contributed by atoms with van der Waals surface area (Å²) in [4.78, 5) is 0. The topological polar surface area (TPSA) is 21.3 Å². The van der Waals surface area contributed by atoms with E-state index < -0.39 is 0 Å². The lowest BCUT2D eigenvalue weighted by Crippen LogP contribution is -2.25. The van der Waals surface area contributed by atoms with Crippen LogP contribution in [0.2, 0.25) is 0 Å². The van der Waals surface area contributed by atoms with Crippen molar-refractivity contribution in [2.75, 3.05) is 20.2 Å². The number of hydrogen-bond acceptors (Lipinski definition) is 2. The highest BCUT2D eigenvalue weighted by Crippen LogP contribution is 2.26. The zero-order valence-corrected chi connectivity index (χ0v) is 11.5. The number of nitrogens with one attached hydrogen (secondary N) is 1. The molecule has 2 heteroatoms. The monoisotopic (exact) mass is 235 g/mol. The summed E-state index contributed by atoms with van der Waals surface area (Å²) in [5.74, 6) is 2.13. The first-order chi connectivity index (χ1) is 8.19. The lowest BCUT2D eigenvalue weighted by atomic mass is 9.89. The fourth-order valence-electron chi connectivity index (χ4n) is 1.94. The SMILES string of the molecule is CCCNCC(C)C(C)c1cccc(OC)c1. The molecule has 0 saturated heterocycles. The van der Waals surface area contributed by atoms with Crippen LogP contribution in [0.1, 0.15) is 38.7 Å². The molecule has 1 aromatic rings. The minimum absolute atomic E-state index is 0.550. The largest absolute Gasteiger partial charge is 0.497 e. The molecule has 1 N–H and O–H groups in total. The van der Waals surface area contributed by atoms with Gasteiger partial charge in [0.05, 0.1) is 7.11 Å². The van der Waals surface area contributed by atoms with E-state index >= 15 is 0 Å². The third-order valence-electron chi connectivity index (χ3n) is 3.37. The van der Waals surface area contributed by atoms with Crippen LogP contribution in [0.25, 0.3) is 0 Å². The van der Waals surface area contributed by atoms with Crippen molar-refractivity contribution in [3.05, 3.63) is 29.8 Å². The van der Waals surface area contributed by atoms with Crippen LogP contribution in [-0.4, -0.2) is 20.2 Å². The number of methoxy groups -OCH3 is 1. The van der Waals surface area contributed by atoms with Crippen LogP contribution in [0.3, 0.4) is 0 Å². The van der Waals surface area contributed by atoms with Gasteiger partial charge in [-0.2, -0.15) is 0 Å². The Bertz CT molecular complexity index is 324. The Kier molecular flexibility index (Phi) is 6.06. The highest BCUT2D eigenvalue weighted by atomic mass is 16.5. The normalized spacial score (nSPS) is 14.4. The molecule has 0 amide bonds. The molecular weight excluding hydrogens is 210 g/mol. The summed E-state index contributed by atoms with van der Waals surface area (Å²) in [5.41, 5.74) is 1.36. The number of hydrogen-bond donors (Lipinski definition) is 1. The molecule has 0 bridgehead atoms. The molecule has 0 aliphatic carbocycles. The fraction of sp³-hybridized carbons (Fsp3) is 0.600. The first kappa shape index (κ1) is 14.0. The third kappa shape index (κ3) is 4.39. The van der Waals surface area contributed by atoms with E-state index in [-0.39, 0.29) is 0 Å². The van der Waals surface area contributed by atoms with Gasteiger partial charge in [0.1, 0.15) is 5.75 Å². The van der Waals surface area contributed by atoms with Crippen molar-refractivity contribution in [1.29, 1.82) is 0 Å². The van der Waals surface area contributed by atoms with Gasteiger partial charge in [0, 0.05) is 0 Å². The van der Waals surface area contributed by atoms with Crippen LogP contribution in [0.15, 0.2) is 24.3 Å². The first-order valence-electron chi connectivity index (χ1n) is 6.53. The average Bonchev–Trinajstić information content (AvgIpc) is 2.38. The van der Waals surface area contributed by atoms with E-state index in [9.17, 15) is 0 Å². The molecule has 0 radical (unpaired) electrons. The van der Waals surface area contributed by atoms with Crippen LogP contribution in [-0.2, 0) is 0 Å². The Morgan fingerprint density at radius 3 is 2.71 bits per heavy atom. The standard InChI is InChI=1S/C15H25NO/c1-5-9-16-11-12(2)13(3)14-7-6-8-15(10-14)17-4/h6-8,10,12-13,16H,5,9,11H2,1-4H3. The summed E-state index contributed by atoms with van der Waals surface area (Å²) < 4.78 is 5.27. The van der Waals surface area contributed by atoms with Gasteiger partial charge in [0.2, 0.25) is 0 Å². The molecular formula is C15H25NO. The molecule has 0 spiro atoms. The fourth-order valence-corrected chi connectivity index (χ4v) is 1.94. The van der Waals surface area contributed by atoms with E-state index in [4.69, 9.17) is 4.74 Å². The molecule has 2 nitrogen and oxygen atoms in total. The second-order valence-electron chi connectivity index (χ2n) is 4.75. The Hall–Kier alpha value is -1.02. The molecule has 2 atom stereocenters. The predicted octanol–water partition coefficient (Wildman–Crippen LogP) is 3.43. The summed E-state index contributed by atoms with van der Waals surface area (Å²) in [7, 11) is 1.72. The maximum atomic E-state index is 5.27. The van der Waals surface area contributed by atoms with Gasteiger partial charge in [-0.05, 0) is 49.0 Å². The summed E-state index contributed by atoms with van der Waals surface area (Å²) in [6, 6.07) is 8.39. The molecule has 1 aromatic carbocycles. The molecule has 96 valence electrons. The lowest BCUT2D eigenvalue weighted by Gasteiger charge is -2.21. The van der Waals surface area contributed by atoms with E-state index in [0.717, 1.165) is 18.8 Å². The van der Waals surface area contributed by atoms with Gasteiger partial charge in [-0.3, -0.25) is 0 Å². The third-order valence-corrected chi connectivity index (χ3v) is 3.37. The molecule has 1 rings (SSSR count). The zero-order valence-electron chi connectivity index (χ0n) is 11.5. The van der Waals surface area contributed by atoms with Crippen LogP contribution in [0, 0.1) is 5.92 Å². The van der Waals surface area contributed by atoms with Crippen LogP contribution in [0.5, 0.6) is 5.75 Å². The van der Waals surface area contributed by atoms with Crippen LogP contribution < -0.4 is 10.1 Å². The maximum Gasteiger partial charge on any atom is 0.119 e. The number of ether oxygens (including phenoxy) is 1. The van der Waals surface area contributed by atoms with Gasteiger partial charge >= 0.3 is 0 Å². The molecule has 0 saturated carbocycles. The molecule has 2 unspecified atom stereocenters. The first-order valence-corrected chi connectivity index (χ1v) is 6.53. The highest BCUT2D eigenvalue weighted by molar-refractivity contribution is 5.30. The molecule has 0 aliphatic rings. The predicted molar refractivity (Wildman–Crippen MR) is 73.7 cm³/mol. The summed E-state index contributed by atoms with van der Waals surface area (Å²) in [6.07, 6.45) is 1.19. The van der Waals surface area contributed by atoms with Crippen LogP contribution in [0.4, 0.5) is 0 Å². The smallest absolute Gasteiger partial charge is 0.119 e. The summed E-state index contributed by atoms with van der Waals surface area (Å²) >= 11 is 0. The Balaban J connectivity index is 2.57. The van der Waals surface area contributed by atoms with Gasteiger partial charge in [-0.1, -0.05) is 32.9 Å². The van der Waals surface area contributed by atoms with Crippen molar-refractivity contribution in [2.24, 2.45) is 5.92 Å². The van der Waals surface area contributed by atoms with Crippen molar-refractivity contribution in [1.82, 2.24) is 5.32 Å². The summed E-state index contributed by atoms with van der Waals surface area (Å²) in [6.45, 7) is 8.96. The van der Waals surface area contributed by atoms with Gasteiger partial charge in [0.15, 0.2) is 0 Å². The van der Waals surface area contributed by atoms with Gasteiger partial charge in [0.25, 0.3) is 0 Å². The molecule has 0 aromatic heterocycles. The van der Waals surface area contributed by atoms with Crippen molar-refractivity contribution < 1.29 is 4.74 Å². The summed E-state index contributed by atoms with van der Waals surface area (Å²) in [5, 5.41) is 3.48. The molecule has 0 fully saturated rings.